The predicted molar refractivity (Wildman–Crippen MR) is 42.1 cm³/mol. The third-order valence-corrected chi connectivity index (χ3v) is 1.27. The fourth-order valence-corrected chi connectivity index (χ4v) is 0.743. The van der Waals surface area contributed by atoms with E-state index in [0.717, 1.165) is 0 Å². The summed E-state index contributed by atoms with van der Waals surface area (Å²) in [5, 5.41) is 2.32. The zero-order chi connectivity index (χ0) is 9.72. The number of hydrogen-bond donors (Lipinski definition) is 2. The number of primary amides is 1. The Morgan fingerprint density at radius 3 is 2.08 bits per heavy atom. The Labute approximate surface area is 70.3 Å². The molecule has 0 fully saturated rings. The van der Waals surface area contributed by atoms with Crippen molar-refractivity contribution in [2.75, 3.05) is 0 Å². The van der Waals surface area contributed by atoms with E-state index in [0.29, 0.717) is 0 Å². The first kappa shape index (κ1) is 10.6. The van der Waals surface area contributed by atoms with Gasteiger partial charge in [-0.1, -0.05) is 0 Å². The number of carbonyl (C=O) groups excluding carboxylic acids is 3. The van der Waals surface area contributed by atoms with E-state index < -0.39 is 11.9 Å². The molecule has 5 heteroatoms. The highest BCUT2D eigenvalue weighted by atomic mass is 16.2. The highest BCUT2D eigenvalue weighted by Gasteiger charge is 2.16. The summed E-state index contributed by atoms with van der Waals surface area (Å²) in [6.45, 7) is 2.57. The summed E-state index contributed by atoms with van der Waals surface area (Å²) >= 11 is 0. The molecule has 0 aromatic rings. The fourth-order valence-electron chi connectivity index (χ4n) is 0.743. The SMILES string of the molecule is CC(=O)N[C@@H](CC(N)=O)C(C)=O. The van der Waals surface area contributed by atoms with Crippen molar-refractivity contribution < 1.29 is 14.4 Å². The monoisotopic (exact) mass is 172 g/mol. The van der Waals surface area contributed by atoms with Crippen LogP contribution in [0.3, 0.4) is 0 Å². The normalized spacial score (nSPS) is 11.8. The van der Waals surface area contributed by atoms with Crippen LogP contribution < -0.4 is 11.1 Å². The lowest BCUT2D eigenvalue weighted by atomic mass is 10.1. The van der Waals surface area contributed by atoms with Gasteiger partial charge in [-0.25, -0.2) is 0 Å². The molecule has 1 atom stereocenters. The molecule has 2 amide bonds. The van der Waals surface area contributed by atoms with Gasteiger partial charge in [0.05, 0.1) is 12.5 Å². The van der Waals surface area contributed by atoms with Gasteiger partial charge in [0.25, 0.3) is 0 Å². The Hall–Kier alpha value is -1.39. The Morgan fingerprint density at radius 2 is 1.83 bits per heavy atom. The number of nitrogens with two attached hydrogens (primary N) is 1. The van der Waals surface area contributed by atoms with Gasteiger partial charge in [0.2, 0.25) is 11.8 Å². The van der Waals surface area contributed by atoms with Gasteiger partial charge in [-0.15, -0.1) is 0 Å². The van der Waals surface area contributed by atoms with Crippen molar-refractivity contribution >= 4 is 17.6 Å². The largest absolute Gasteiger partial charge is 0.370 e. The van der Waals surface area contributed by atoms with Gasteiger partial charge < -0.3 is 11.1 Å². The Bertz CT molecular complexity index is 197. The molecule has 3 N–H and O–H groups in total. The van der Waals surface area contributed by atoms with Crippen molar-refractivity contribution in [1.82, 2.24) is 5.32 Å². The zero-order valence-electron chi connectivity index (χ0n) is 7.09. The zero-order valence-corrected chi connectivity index (χ0v) is 7.09. The standard InChI is InChI=1S/C7H12N2O3/c1-4(10)6(3-7(8)12)9-5(2)11/h6H,3H2,1-2H3,(H2,8,12)(H,9,11)/t6-/m0/s1. The van der Waals surface area contributed by atoms with Crippen LogP contribution in [-0.4, -0.2) is 23.6 Å². The maximum atomic E-state index is 10.8. The topological polar surface area (TPSA) is 89.3 Å². The summed E-state index contributed by atoms with van der Waals surface area (Å²) in [4.78, 5) is 31.7. The van der Waals surface area contributed by atoms with Gasteiger partial charge in [0.1, 0.15) is 0 Å². The van der Waals surface area contributed by atoms with E-state index >= 15 is 0 Å². The van der Waals surface area contributed by atoms with Crippen LogP contribution in [0.25, 0.3) is 0 Å². The molecule has 0 rings (SSSR count). The summed E-state index contributed by atoms with van der Waals surface area (Å²) in [5.41, 5.74) is 4.86. The molecule has 0 aromatic carbocycles. The smallest absolute Gasteiger partial charge is 0.219 e. The molecule has 5 nitrogen and oxygen atoms in total. The molecule has 12 heavy (non-hydrogen) atoms. The van der Waals surface area contributed by atoms with Gasteiger partial charge >= 0.3 is 0 Å². The summed E-state index contributed by atoms with van der Waals surface area (Å²) in [7, 11) is 0. The average molecular weight is 172 g/mol. The molecule has 0 radical (unpaired) electrons. The van der Waals surface area contributed by atoms with Crippen molar-refractivity contribution in [2.45, 2.75) is 26.3 Å². The first-order chi connectivity index (χ1) is 5.43. The van der Waals surface area contributed by atoms with Crippen molar-refractivity contribution in [3.8, 4) is 0 Å². The number of Topliss-reactive ketones (excluding diaryl/α,β-unsaturated/α-hetero) is 1. The van der Waals surface area contributed by atoms with Crippen LogP contribution in [0.15, 0.2) is 0 Å². The van der Waals surface area contributed by atoms with E-state index in [4.69, 9.17) is 5.73 Å². The van der Waals surface area contributed by atoms with E-state index in [1.54, 1.807) is 0 Å². The van der Waals surface area contributed by atoms with Crippen LogP contribution >= 0.6 is 0 Å². The van der Waals surface area contributed by atoms with Crippen LogP contribution in [-0.2, 0) is 14.4 Å². The minimum atomic E-state index is -0.778. The van der Waals surface area contributed by atoms with E-state index in [1.165, 1.54) is 13.8 Å². The number of rotatable bonds is 4. The molecule has 0 aliphatic heterocycles. The lowest BCUT2D eigenvalue weighted by Gasteiger charge is -2.11. The molecule has 0 saturated heterocycles. The van der Waals surface area contributed by atoms with E-state index in [-0.39, 0.29) is 18.1 Å². The van der Waals surface area contributed by atoms with Gasteiger partial charge in [-0.05, 0) is 6.92 Å². The number of ketones is 1. The van der Waals surface area contributed by atoms with Gasteiger partial charge in [0.15, 0.2) is 5.78 Å². The molecule has 0 spiro atoms. The first-order valence-corrected chi connectivity index (χ1v) is 3.49. The van der Waals surface area contributed by atoms with Crippen LogP contribution in [0, 0.1) is 0 Å². The highest BCUT2D eigenvalue weighted by molar-refractivity contribution is 5.90. The second-order valence-corrected chi connectivity index (χ2v) is 2.53. The van der Waals surface area contributed by atoms with E-state index in [1.807, 2.05) is 0 Å². The summed E-state index contributed by atoms with van der Waals surface area (Å²) in [6, 6.07) is -0.778. The molecule has 0 aliphatic rings. The lowest BCUT2D eigenvalue weighted by Crippen LogP contribution is -2.41. The van der Waals surface area contributed by atoms with Crippen molar-refractivity contribution in [2.24, 2.45) is 5.73 Å². The Balaban J connectivity index is 4.14. The summed E-state index contributed by atoms with van der Waals surface area (Å²) < 4.78 is 0. The van der Waals surface area contributed by atoms with E-state index in [2.05, 4.69) is 5.32 Å². The molecule has 0 heterocycles. The maximum absolute atomic E-state index is 10.8. The number of nitrogens with one attached hydrogen (secondary N) is 1. The predicted octanol–water partition coefficient (Wildman–Crippen LogP) is -1.04. The third kappa shape index (κ3) is 4.43. The van der Waals surface area contributed by atoms with Crippen LogP contribution in [0.2, 0.25) is 0 Å². The lowest BCUT2D eigenvalue weighted by molar-refractivity contribution is -0.128. The second kappa shape index (κ2) is 4.48. The quantitative estimate of drug-likeness (QED) is 0.567. The van der Waals surface area contributed by atoms with E-state index in [9.17, 15) is 14.4 Å². The summed E-state index contributed by atoms with van der Waals surface area (Å²) in [6.07, 6.45) is -0.144. The van der Waals surface area contributed by atoms with Crippen LogP contribution in [0.5, 0.6) is 0 Å². The Morgan fingerprint density at radius 1 is 1.33 bits per heavy atom. The number of hydrogen-bond acceptors (Lipinski definition) is 3. The molecule has 0 aliphatic carbocycles. The highest BCUT2D eigenvalue weighted by Crippen LogP contribution is 1.92. The molecule has 0 bridgehead atoms. The molecule has 0 saturated carbocycles. The van der Waals surface area contributed by atoms with Crippen LogP contribution in [0.4, 0.5) is 0 Å². The Kier molecular flexibility index (Phi) is 3.96. The minimum absolute atomic E-state index is 0.144. The summed E-state index contributed by atoms with van der Waals surface area (Å²) in [5.74, 6) is -1.23. The van der Waals surface area contributed by atoms with Crippen LogP contribution in [0.1, 0.15) is 20.3 Å². The minimum Gasteiger partial charge on any atom is -0.370 e. The number of amides is 2. The third-order valence-electron chi connectivity index (χ3n) is 1.27. The maximum Gasteiger partial charge on any atom is 0.219 e. The first-order valence-electron chi connectivity index (χ1n) is 3.49. The van der Waals surface area contributed by atoms with Crippen molar-refractivity contribution in [1.29, 1.82) is 0 Å². The average Bonchev–Trinajstić information content (AvgIpc) is 1.83. The molecular weight excluding hydrogens is 160 g/mol. The van der Waals surface area contributed by atoms with Gasteiger partial charge in [0, 0.05) is 6.92 Å². The van der Waals surface area contributed by atoms with Gasteiger partial charge in [-0.2, -0.15) is 0 Å². The molecule has 0 unspecified atom stereocenters. The molecular formula is C7H12N2O3. The second-order valence-electron chi connectivity index (χ2n) is 2.53. The van der Waals surface area contributed by atoms with Crippen molar-refractivity contribution in [3.05, 3.63) is 0 Å². The van der Waals surface area contributed by atoms with Crippen molar-refractivity contribution in [3.63, 3.8) is 0 Å². The van der Waals surface area contributed by atoms with Gasteiger partial charge in [-0.3, -0.25) is 14.4 Å². The molecule has 0 aromatic heterocycles. The number of carbonyl (C=O) groups is 3. The molecule has 68 valence electrons. The fraction of sp³-hybridized carbons (Fsp3) is 0.571.